The van der Waals surface area contributed by atoms with Crippen LogP contribution in [0.25, 0.3) is 0 Å². The van der Waals surface area contributed by atoms with E-state index < -0.39 is 5.82 Å². The molecule has 0 radical (unpaired) electrons. The molecule has 0 saturated heterocycles. The van der Waals surface area contributed by atoms with Gasteiger partial charge in [-0.1, -0.05) is 6.08 Å². The Balaban J connectivity index is 2.96. The summed E-state index contributed by atoms with van der Waals surface area (Å²) < 4.78 is 13.5. The Hall–Kier alpha value is -1.36. The molecule has 1 aromatic carbocycles. The van der Waals surface area contributed by atoms with E-state index in [1.165, 1.54) is 12.1 Å². The van der Waals surface area contributed by atoms with Gasteiger partial charge in [0.1, 0.15) is 5.82 Å². The summed E-state index contributed by atoms with van der Waals surface area (Å²) in [6.45, 7) is 4.15. The van der Waals surface area contributed by atoms with Crippen molar-refractivity contribution in [1.29, 1.82) is 0 Å². The van der Waals surface area contributed by atoms with Crippen molar-refractivity contribution >= 4 is 27.5 Å². The SMILES string of the molecule is C=CCCN(C)C(=O)c1cc(N)c(F)cc1Br. The van der Waals surface area contributed by atoms with E-state index in [9.17, 15) is 9.18 Å². The van der Waals surface area contributed by atoms with Gasteiger partial charge in [0.25, 0.3) is 5.91 Å². The highest BCUT2D eigenvalue weighted by Gasteiger charge is 2.16. The lowest BCUT2D eigenvalue weighted by Gasteiger charge is -2.17. The van der Waals surface area contributed by atoms with Gasteiger partial charge in [0.05, 0.1) is 11.3 Å². The molecule has 0 aliphatic rings. The number of carbonyl (C=O) groups excluding carboxylic acids is 1. The van der Waals surface area contributed by atoms with Crippen LogP contribution in [0.4, 0.5) is 10.1 Å². The van der Waals surface area contributed by atoms with Crippen molar-refractivity contribution < 1.29 is 9.18 Å². The second kappa shape index (κ2) is 5.82. The highest BCUT2D eigenvalue weighted by Crippen LogP contribution is 2.23. The molecule has 2 N–H and O–H groups in total. The fourth-order valence-corrected chi connectivity index (χ4v) is 1.81. The lowest BCUT2D eigenvalue weighted by Crippen LogP contribution is -2.28. The minimum absolute atomic E-state index is 0.0336. The molecule has 0 fully saturated rings. The van der Waals surface area contributed by atoms with Crippen LogP contribution >= 0.6 is 15.9 Å². The Bertz CT molecular complexity index is 448. The van der Waals surface area contributed by atoms with E-state index in [1.807, 2.05) is 0 Å². The Labute approximate surface area is 108 Å². The number of nitrogens with two attached hydrogens (primary N) is 1. The molecule has 0 unspecified atom stereocenters. The van der Waals surface area contributed by atoms with Crippen LogP contribution in [0.5, 0.6) is 0 Å². The molecule has 0 spiro atoms. The Morgan fingerprint density at radius 3 is 2.88 bits per heavy atom. The van der Waals surface area contributed by atoms with E-state index in [4.69, 9.17) is 5.73 Å². The molecular formula is C12H14BrFN2O. The van der Waals surface area contributed by atoms with Gasteiger partial charge in [-0.05, 0) is 34.5 Å². The van der Waals surface area contributed by atoms with E-state index >= 15 is 0 Å². The normalized spacial score (nSPS) is 10.1. The molecule has 1 aromatic rings. The number of nitrogen functional groups attached to an aromatic ring is 1. The molecule has 5 heteroatoms. The fourth-order valence-electron chi connectivity index (χ4n) is 1.32. The van der Waals surface area contributed by atoms with E-state index in [1.54, 1.807) is 18.0 Å². The van der Waals surface area contributed by atoms with Crippen LogP contribution in [0.2, 0.25) is 0 Å². The predicted octanol–water partition coefficient (Wildman–Crippen LogP) is 2.82. The first-order valence-corrected chi connectivity index (χ1v) is 5.87. The van der Waals surface area contributed by atoms with Crippen LogP contribution in [0, 0.1) is 5.82 Å². The molecule has 3 nitrogen and oxygen atoms in total. The summed E-state index contributed by atoms with van der Waals surface area (Å²) in [6.07, 6.45) is 2.44. The maximum atomic E-state index is 13.1. The summed E-state index contributed by atoms with van der Waals surface area (Å²) in [5.74, 6) is -0.743. The van der Waals surface area contributed by atoms with E-state index in [2.05, 4.69) is 22.5 Å². The van der Waals surface area contributed by atoms with E-state index in [0.29, 0.717) is 23.0 Å². The van der Waals surface area contributed by atoms with Crippen molar-refractivity contribution in [1.82, 2.24) is 4.90 Å². The first-order chi connectivity index (χ1) is 7.97. The van der Waals surface area contributed by atoms with Crippen LogP contribution in [-0.2, 0) is 0 Å². The average molecular weight is 301 g/mol. The van der Waals surface area contributed by atoms with Crippen LogP contribution in [-0.4, -0.2) is 24.4 Å². The van der Waals surface area contributed by atoms with E-state index in [0.717, 1.165) is 0 Å². The minimum atomic E-state index is -0.540. The number of anilines is 1. The van der Waals surface area contributed by atoms with Crippen molar-refractivity contribution in [3.63, 3.8) is 0 Å². The zero-order valence-electron chi connectivity index (χ0n) is 9.54. The average Bonchev–Trinajstić information content (AvgIpc) is 2.29. The first kappa shape index (κ1) is 13.7. The molecule has 1 amide bonds. The van der Waals surface area contributed by atoms with Crippen LogP contribution < -0.4 is 5.73 Å². The van der Waals surface area contributed by atoms with E-state index in [-0.39, 0.29) is 11.6 Å². The fraction of sp³-hybridized carbons (Fsp3) is 0.250. The molecule has 0 aliphatic heterocycles. The van der Waals surface area contributed by atoms with Crippen molar-refractivity contribution in [2.75, 3.05) is 19.3 Å². The predicted molar refractivity (Wildman–Crippen MR) is 70.3 cm³/mol. The molecule has 0 atom stereocenters. The molecule has 0 aromatic heterocycles. The van der Waals surface area contributed by atoms with Gasteiger partial charge in [-0.15, -0.1) is 6.58 Å². The van der Waals surface area contributed by atoms with Crippen LogP contribution in [0.3, 0.4) is 0 Å². The number of amides is 1. The lowest BCUT2D eigenvalue weighted by molar-refractivity contribution is 0.0796. The standard InChI is InChI=1S/C12H14BrFN2O/c1-3-4-5-16(2)12(17)8-6-11(15)10(14)7-9(8)13/h3,6-7H,1,4-5,15H2,2H3. The Morgan fingerprint density at radius 2 is 2.29 bits per heavy atom. The summed E-state index contributed by atoms with van der Waals surface area (Å²) in [4.78, 5) is 13.6. The largest absolute Gasteiger partial charge is 0.396 e. The smallest absolute Gasteiger partial charge is 0.254 e. The minimum Gasteiger partial charge on any atom is -0.396 e. The van der Waals surface area contributed by atoms with Gasteiger partial charge in [0.15, 0.2) is 0 Å². The quantitative estimate of drug-likeness (QED) is 0.686. The highest BCUT2D eigenvalue weighted by atomic mass is 79.9. The summed E-state index contributed by atoms with van der Waals surface area (Å²) in [7, 11) is 1.68. The number of hydrogen-bond donors (Lipinski definition) is 1. The van der Waals surface area contributed by atoms with Gasteiger partial charge in [-0.3, -0.25) is 4.79 Å². The topological polar surface area (TPSA) is 46.3 Å². The zero-order valence-corrected chi connectivity index (χ0v) is 11.1. The molecule has 17 heavy (non-hydrogen) atoms. The summed E-state index contributed by atoms with van der Waals surface area (Å²) in [5.41, 5.74) is 5.77. The Morgan fingerprint density at radius 1 is 1.65 bits per heavy atom. The number of nitrogens with zero attached hydrogens (tertiary/aromatic N) is 1. The second-order valence-electron chi connectivity index (χ2n) is 3.66. The van der Waals surface area contributed by atoms with Gasteiger partial charge < -0.3 is 10.6 Å². The van der Waals surface area contributed by atoms with Gasteiger partial charge in [-0.2, -0.15) is 0 Å². The number of hydrogen-bond acceptors (Lipinski definition) is 2. The lowest BCUT2D eigenvalue weighted by atomic mass is 10.1. The van der Waals surface area contributed by atoms with Crippen LogP contribution in [0.1, 0.15) is 16.8 Å². The summed E-state index contributed by atoms with van der Waals surface area (Å²) in [6, 6.07) is 2.54. The van der Waals surface area contributed by atoms with Gasteiger partial charge in [-0.25, -0.2) is 4.39 Å². The number of halogens is 2. The first-order valence-electron chi connectivity index (χ1n) is 5.08. The molecule has 0 heterocycles. The third-order valence-corrected chi connectivity index (χ3v) is 2.99. The molecule has 0 bridgehead atoms. The van der Waals surface area contributed by atoms with Gasteiger partial charge in [0, 0.05) is 18.1 Å². The highest BCUT2D eigenvalue weighted by molar-refractivity contribution is 9.10. The molecule has 1 rings (SSSR count). The molecular weight excluding hydrogens is 287 g/mol. The molecule has 0 aliphatic carbocycles. The number of carbonyl (C=O) groups is 1. The van der Waals surface area contributed by atoms with Crippen molar-refractivity contribution in [2.45, 2.75) is 6.42 Å². The molecule has 92 valence electrons. The Kier molecular flexibility index (Phi) is 4.69. The van der Waals surface area contributed by atoms with Crippen molar-refractivity contribution in [3.05, 3.63) is 40.6 Å². The third-order valence-electron chi connectivity index (χ3n) is 2.33. The number of rotatable bonds is 4. The summed E-state index contributed by atoms with van der Waals surface area (Å²) >= 11 is 3.16. The third kappa shape index (κ3) is 3.30. The second-order valence-corrected chi connectivity index (χ2v) is 4.51. The van der Waals surface area contributed by atoms with Crippen molar-refractivity contribution in [2.24, 2.45) is 0 Å². The maximum absolute atomic E-state index is 13.1. The zero-order chi connectivity index (χ0) is 13.0. The molecule has 0 saturated carbocycles. The van der Waals surface area contributed by atoms with Gasteiger partial charge >= 0.3 is 0 Å². The van der Waals surface area contributed by atoms with Crippen LogP contribution in [0.15, 0.2) is 29.3 Å². The number of benzene rings is 1. The maximum Gasteiger partial charge on any atom is 0.254 e. The van der Waals surface area contributed by atoms with Crippen molar-refractivity contribution in [3.8, 4) is 0 Å². The summed E-state index contributed by atoms with van der Waals surface area (Å²) in [5, 5.41) is 0. The van der Waals surface area contributed by atoms with Gasteiger partial charge in [0.2, 0.25) is 0 Å². The monoisotopic (exact) mass is 300 g/mol.